The monoisotopic (exact) mass is 276 g/mol. The third kappa shape index (κ3) is 3.48. The molecule has 0 aromatic carbocycles. The van der Waals surface area contributed by atoms with Gasteiger partial charge in [-0.05, 0) is 31.3 Å². The van der Waals surface area contributed by atoms with E-state index in [2.05, 4.69) is 13.2 Å². The lowest BCUT2D eigenvalue weighted by atomic mass is 9.88. The van der Waals surface area contributed by atoms with E-state index in [1.807, 2.05) is 0 Å². The molecule has 0 nitrogen and oxygen atoms in total. The zero-order valence-electron chi connectivity index (χ0n) is 11.2. The van der Waals surface area contributed by atoms with Gasteiger partial charge in [-0.25, -0.2) is 0 Å². The molecule has 0 heterocycles. The van der Waals surface area contributed by atoms with Gasteiger partial charge in [-0.15, -0.1) is 0 Å². The Morgan fingerprint density at radius 2 is 1.53 bits per heavy atom. The molecule has 1 saturated carbocycles. The summed E-state index contributed by atoms with van der Waals surface area (Å²) in [4.78, 5) is 0. The summed E-state index contributed by atoms with van der Waals surface area (Å²) < 4.78 is 54.1. The molecule has 0 atom stereocenters. The maximum absolute atomic E-state index is 13.6. The van der Waals surface area contributed by atoms with E-state index in [9.17, 15) is 17.6 Å². The maximum Gasteiger partial charge on any atom is 0.338 e. The molecule has 0 spiro atoms. The van der Waals surface area contributed by atoms with Crippen molar-refractivity contribution in [3.63, 3.8) is 0 Å². The maximum atomic E-state index is 13.6. The van der Waals surface area contributed by atoms with Gasteiger partial charge in [-0.1, -0.05) is 44.6 Å². The second-order valence-corrected chi connectivity index (χ2v) is 5.21. The zero-order valence-corrected chi connectivity index (χ0v) is 11.2. The summed E-state index contributed by atoms with van der Waals surface area (Å²) in [6, 6.07) is 0. The fraction of sp³-hybridized carbons (Fsp3) is 0.600. The van der Waals surface area contributed by atoms with Crippen molar-refractivity contribution in [3.05, 3.63) is 36.5 Å². The summed E-state index contributed by atoms with van der Waals surface area (Å²) in [5.41, 5.74) is -1.71. The molecular weight excluding hydrogens is 256 g/mol. The molecule has 1 aliphatic carbocycles. The number of hydrogen-bond acceptors (Lipinski definition) is 0. The van der Waals surface area contributed by atoms with Crippen LogP contribution in [-0.4, -0.2) is 11.8 Å². The lowest BCUT2D eigenvalue weighted by molar-refractivity contribution is -0.158. The first-order valence-corrected chi connectivity index (χ1v) is 6.48. The third-order valence-electron chi connectivity index (χ3n) is 3.55. The average molecular weight is 276 g/mol. The second-order valence-electron chi connectivity index (χ2n) is 5.21. The van der Waals surface area contributed by atoms with E-state index in [-0.39, 0.29) is 5.92 Å². The van der Waals surface area contributed by atoms with E-state index >= 15 is 0 Å². The van der Waals surface area contributed by atoms with Crippen LogP contribution in [0, 0.1) is 5.92 Å². The van der Waals surface area contributed by atoms with Gasteiger partial charge in [0, 0.05) is 5.57 Å². The van der Waals surface area contributed by atoms with Crippen molar-refractivity contribution in [2.45, 2.75) is 50.9 Å². The summed E-state index contributed by atoms with van der Waals surface area (Å²) >= 11 is 0. The number of rotatable bonds is 5. The number of halogens is 4. The largest absolute Gasteiger partial charge is 0.338 e. The molecule has 0 amide bonds. The van der Waals surface area contributed by atoms with Crippen molar-refractivity contribution in [3.8, 4) is 0 Å². The highest BCUT2D eigenvalue weighted by atomic mass is 19.3. The van der Waals surface area contributed by atoms with Gasteiger partial charge in [0.15, 0.2) is 0 Å². The van der Waals surface area contributed by atoms with Crippen LogP contribution < -0.4 is 0 Å². The van der Waals surface area contributed by atoms with Crippen molar-refractivity contribution in [1.82, 2.24) is 0 Å². The molecule has 1 fully saturated rings. The molecule has 19 heavy (non-hydrogen) atoms. The Morgan fingerprint density at radius 3 is 2.00 bits per heavy atom. The number of alkyl halides is 4. The van der Waals surface area contributed by atoms with Gasteiger partial charge in [-0.3, -0.25) is 0 Å². The highest BCUT2D eigenvalue weighted by Crippen LogP contribution is 2.44. The molecule has 1 aliphatic rings. The van der Waals surface area contributed by atoms with Crippen LogP contribution in [0.3, 0.4) is 0 Å². The van der Waals surface area contributed by atoms with E-state index in [0.717, 1.165) is 45.1 Å². The summed E-state index contributed by atoms with van der Waals surface area (Å²) in [6.45, 7) is 6.93. The molecule has 0 saturated heterocycles. The Morgan fingerprint density at radius 1 is 1.00 bits per heavy atom. The number of hydrogen-bond donors (Lipinski definition) is 0. The van der Waals surface area contributed by atoms with Gasteiger partial charge in [0.2, 0.25) is 0 Å². The van der Waals surface area contributed by atoms with Crippen LogP contribution >= 0.6 is 0 Å². The first-order chi connectivity index (χ1) is 8.69. The average Bonchev–Trinajstić information content (AvgIpc) is 2.36. The fourth-order valence-electron chi connectivity index (χ4n) is 2.15. The van der Waals surface area contributed by atoms with E-state index in [4.69, 9.17) is 0 Å². The second kappa shape index (κ2) is 5.93. The van der Waals surface area contributed by atoms with Gasteiger partial charge in [0.05, 0.1) is 0 Å². The Kier molecular flexibility index (Phi) is 4.99. The lowest BCUT2D eigenvalue weighted by Crippen LogP contribution is -2.42. The molecule has 0 unspecified atom stereocenters. The Labute approximate surface area is 111 Å². The Hall–Kier alpha value is -1.06. The first kappa shape index (κ1) is 16.0. The molecule has 0 aromatic heterocycles. The van der Waals surface area contributed by atoms with E-state index in [0.29, 0.717) is 0 Å². The molecule has 0 N–H and O–H groups in total. The molecule has 0 radical (unpaired) electrons. The quantitative estimate of drug-likeness (QED) is 0.352. The molecular formula is C15H20F4. The Balaban J connectivity index is 2.75. The summed E-state index contributed by atoms with van der Waals surface area (Å²) in [5.74, 6) is -8.36. The highest BCUT2D eigenvalue weighted by molar-refractivity contribution is 5.31. The van der Waals surface area contributed by atoms with Crippen LogP contribution in [0.25, 0.3) is 0 Å². The van der Waals surface area contributed by atoms with Crippen LogP contribution in [-0.2, 0) is 0 Å². The minimum atomic E-state index is -4.29. The minimum absolute atomic E-state index is 0.194. The van der Waals surface area contributed by atoms with Crippen LogP contribution in [0.2, 0.25) is 0 Å². The van der Waals surface area contributed by atoms with Crippen molar-refractivity contribution < 1.29 is 17.6 Å². The number of allylic oxidation sites excluding steroid dienone is 4. The van der Waals surface area contributed by atoms with Crippen LogP contribution in [0.4, 0.5) is 17.6 Å². The van der Waals surface area contributed by atoms with Crippen LogP contribution in [0.1, 0.15) is 39.0 Å². The zero-order chi connectivity index (χ0) is 14.7. The molecule has 108 valence electrons. The molecule has 0 bridgehead atoms. The van der Waals surface area contributed by atoms with Gasteiger partial charge in [-0.2, -0.15) is 17.6 Å². The van der Waals surface area contributed by atoms with Gasteiger partial charge in [0.25, 0.3) is 0 Å². The highest BCUT2D eigenvalue weighted by Gasteiger charge is 2.57. The smallest absolute Gasteiger partial charge is 0.194 e. The van der Waals surface area contributed by atoms with Gasteiger partial charge in [0.1, 0.15) is 0 Å². The fourth-order valence-corrected chi connectivity index (χ4v) is 2.15. The standard InChI is InChI=1S/C15H20F4/c1-11(2)14(16,17)15(18,19)12(3)9-10-13-7-5-4-6-8-13/h9-10,13H,1,3-8H2,2H3/b10-9+. The van der Waals surface area contributed by atoms with Crippen LogP contribution in [0.5, 0.6) is 0 Å². The first-order valence-electron chi connectivity index (χ1n) is 6.48. The molecule has 4 heteroatoms. The summed E-state index contributed by atoms with van der Waals surface area (Å²) in [7, 11) is 0. The summed E-state index contributed by atoms with van der Waals surface area (Å²) in [6.07, 6.45) is 7.74. The lowest BCUT2D eigenvalue weighted by Gasteiger charge is -2.27. The summed E-state index contributed by atoms with van der Waals surface area (Å²) in [5, 5.41) is 0. The van der Waals surface area contributed by atoms with E-state index in [1.54, 1.807) is 6.08 Å². The van der Waals surface area contributed by atoms with Crippen LogP contribution in [0.15, 0.2) is 36.5 Å². The third-order valence-corrected chi connectivity index (χ3v) is 3.55. The topological polar surface area (TPSA) is 0 Å². The SMILES string of the molecule is C=C(C)C(F)(F)C(F)(F)C(=C)/C=C/C1CCCCC1. The van der Waals surface area contributed by atoms with Crippen molar-refractivity contribution in [2.24, 2.45) is 5.92 Å². The predicted molar refractivity (Wildman–Crippen MR) is 69.6 cm³/mol. The predicted octanol–water partition coefficient (Wildman–Crippen LogP) is 5.53. The Bertz CT molecular complexity index is 374. The van der Waals surface area contributed by atoms with Crippen molar-refractivity contribution in [2.75, 3.05) is 0 Å². The van der Waals surface area contributed by atoms with E-state index < -0.39 is 23.0 Å². The van der Waals surface area contributed by atoms with Crippen molar-refractivity contribution >= 4 is 0 Å². The molecule has 0 aromatic rings. The van der Waals surface area contributed by atoms with Gasteiger partial charge >= 0.3 is 11.8 Å². The normalized spacial score (nSPS) is 18.8. The van der Waals surface area contributed by atoms with Crippen molar-refractivity contribution in [1.29, 1.82) is 0 Å². The van der Waals surface area contributed by atoms with Gasteiger partial charge < -0.3 is 0 Å². The molecule has 0 aliphatic heterocycles. The van der Waals surface area contributed by atoms with E-state index in [1.165, 1.54) is 0 Å². The molecule has 1 rings (SSSR count). The minimum Gasteiger partial charge on any atom is -0.194 e.